The molecule has 0 rings (SSSR count). The zero-order valence-corrected chi connectivity index (χ0v) is 11.0. The van der Waals surface area contributed by atoms with Crippen molar-refractivity contribution in [1.29, 1.82) is 0 Å². The van der Waals surface area contributed by atoms with Crippen molar-refractivity contribution in [2.45, 2.75) is 23.6 Å². The summed E-state index contributed by atoms with van der Waals surface area (Å²) in [5.74, 6) is -3.83. The summed E-state index contributed by atoms with van der Waals surface area (Å²) in [5, 5.41) is 8.69. The molecule has 0 aliphatic carbocycles. The van der Waals surface area contributed by atoms with Gasteiger partial charge in [-0.15, -0.1) is 0 Å². The van der Waals surface area contributed by atoms with E-state index >= 15 is 0 Å². The van der Waals surface area contributed by atoms with E-state index in [4.69, 9.17) is 5.11 Å². The first kappa shape index (κ1) is 17.2. The van der Waals surface area contributed by atoms with Gasteiger partial charge >= 0.3 is 12.1 Å². The Morgan fingerprint density at radius 2 is 1.56 bits per heavy atom. The Bertz CT molecular complexity index is 532. The van der Waals surface area contributed by atoms with Crippen LogP contribution in [-0.4, -0.2) is 50.2 Å². The Morgan fingerprint density at radius 1 is 1.17 bits per heavy atom. The van der Waals surface area contributed by atoms with Crippen LogP contribution >= 0.6 is 0 Å². The summed E-state index contributed by atoms with van der Waals surface area (Å²) in [4.78, 5) is 10.8. The molecule has 0 aliphatic heterocycles. The summed E-state index contributed by atoms with van der Waals surface area (Å²) >= 11 is 0. The zero-order valence-electron chi connectivity index (χ0n) is 9.35. The van der Waals surface area contributed by atoms with Gasteiger partial charge in [-0.3, -0.25) is 0 Å². The van der Waals surface area contributed by atoms with E-state index < -0.39 is 48.1 Å². The lowest BCUT2D eigenvalue weighted by atomic mass is 10.5. The lowest BCUT2D eigenvalue weighted by molar-refractivity contribution is -0.137. The molecule has 18 heavy (non-hydrogen) atoms. The third-order valence-electron chi connectivity index (χ3n) is 2.34. The molecule has 0 aromatic rings. The molecule has 1 unspecified atom stereocenters. The SMILES string of the molecule is CC(C(=O)O)(S(C)(=O)=O)S(=O)(=O)CCC(F)(F)F. The first-order valence-electron chi connectivity index (χ1n) is 4.37. The highest BCUT2D eigenvalue weighted by atomic mass is 32.3. The first-order valence-corrected chi connectivity index (χ1v) is 7.91. The molecule has 0 saturated heterocycles. The molecule has 0 aliphatic rings. The van der Waals surface area contributed by atoms with Crippen LogP contribution in [0.2, 0.25) is 0 Å². The van der Waals surface area contributed by atoms with Crippen LogP contribution in [0.1, 0.15) is 13.3 Å². The van der Waals surface area contributed by atoms with Crippen LogP contribution in [0.5, 0.6) is 0 Å². The van der Waals surface area contributed by atoms with E-state index in [0.717, 1.165) is 0 Å². The highest BCUT2D eigenvalue weighted by molar-refractivity contribution is 8.11. The lowest BCUT2D eigenvalue weighted by Gasteiger charge is -2.23. The van der Waals surface area contributed by atoms with Gasteiger partial charge in [0.2, 0.25) is 0 Å². The van der Waals surface area contributed by atoms with Gasteiger partial charge in [-0.25, -0.2) is 21.6 Å². The number of hydrogen-bond acceptors (Lipinski definition) is 5. The molecule has 0 bridgehead atoms. The monoisotopic (exact) mass is 312 g/mol. The average molecular weight is 312 g/mol. The molecule has 0 aromatic heterocycles. The summed E-state index contributed by atoms with van der Waals surface area (Å²) in [6.45, 7) is 0.358. The Morgan fingerprint density at radius 3 is 1.78 bits per heavy atom. The van der Waals surface area contributed by atoms with Crippen molar-refractivity contribution in [2.75, 3.05) is 12.0 Å². The Hall–Kier alpha value is -0.840. The van der Waals surface area contributed by atoms with Crippen LogP contribution < -0.4 is 0 Å². The number of hydrogen-bond donors (Lipinski definition) is 1. The number of aliphatic carboxylic acids is 1. The van der Waals surface area contributed by atoms with Gasteiger partial charge in [0.25, 0.3) is 4.08 Å². The second-order valence-corrected chi connectivity index (χ2v) is 8.78. The third kappa shape index (κ3) is 3.34. The van der Waals surface area contributed by atoms with Gasteiger partial charge in [0, 0.05) is 6.26 Å². The molecule has 0 heterocycles. The minimum Gasteiger partial charge on any atom is -0.479 e. The van der Waals surface area contributed by atoms with E-state index in [0.29, 0.717) is 13.2 Å². The summed E-state index contributed by atoms with van der Waals surface area (Å²) in [6.07, 6.45) is -6.30. The predicted molar refractivity (Wildman–Crippen MR) is 55.3 cm³/mol. The van der Waals surface area contributed by atoms with E-state index in [9.17, 15) is 34.8 Å². The molecule has 1 atom stereocenters. The molecule has 0 saturated carbocycles. The number of carboxylic acids is 1. The number of carbonyl (C=O) groups is 1. The minimum absolute atomic E-state index is 0.340. The maximum absolute atomic E-state index is 11.9. The molecule has 0 fully saturated rings. The van der Waals surface area contributed by atoms with Crippen molar-refractivity contribution in [3.05, 3.63) is 0 Å². The van der Waals surface area contributed by atoms with Gasteiger partial charge in [-0.1, -0.05) is 0 Å². The zero-order chi connectivity index (χ0) is 15.0. The summed E-state index contributed by atoms with van der Waals surface area (Å²) < 4.78 is 77.9. The molecule has 0 spiro atoms. The van der Waals surface area contributed by atoms with Crippen LogP contribution in [-0.2, 0) is 24.5 Å². The molecule has 0 aromatic carbocycles. The van der Waals surface area contributed by atoms with E-state index in [2.05, 4.69) is 0 Å². The molecular weight excluding hydrogens is 301 g/mol. The normalized spacial score (nSPS) is 17.2. The molecular formula is C7H11F3O6S2. The molecule has 108 valence electrons. The van der Waals surface area contributed by atoms with E-state index in [1.165, 1.54) is 0 Å². The minimum atomic E-state index is -5.02. The fourth-order valence-electron chi connectivity index (χ4n) is 0.967. The quantitative estimate of drug-likeness (QED) is 0.777. The van der Waals surface area contributed by atoms with Crippen LogP contribution in [0.25, 0.3) is 0 Å². The van der Waals surface area contributed by atoms with Gasteiger partial charge in [0.05, 0.1) is 12.2 Å². The summed E-state index contributed by atoms with van der Waals surface area (Å²) in [6, 6.07) is 0. The maximum atomic E-state index is 11.9. The number of alkyl halides is 3. The van der Waals surface area contributed by atoms with Crippen molar-refractivity contribution < 1.29 is 39.9 Å². The van der Waals surface area contributed by atoms with Gasteiger partial charge < -0.3 is 5.11 Å². The Labute approximate surface area is 102 Å². The standard InChI is InChI=1S/C7H11F3O6S2/c1-6(5(11)12,17(2,13)14)18(15,16)4-3-7(8,9)10/h3-4H2,1-2H3,(H,11,12). The predicted octanol–water partition coefficient (Wildman–Crippen LogP) is 0.199. The Kier molecular flexibility index (Phi) is 4.46. The molecule has 0 radical (unpaired) electrons. The third-order valence-corrected chi connectivity index (χ3v) is 7.71. The van der Waals surface area contributed by atoms with Crippen LogP contribution in [0.3, 0.4) is 0 Å². The number of carboxylic acid groups (broad SMARTS) is 1. The number of halogens is 3. The van der Waals surface area contributed by atoms with Crippen molar-refractivity contribution >= 4 is 25.6 Å². The highest BCUT2D eigenvalue weighted by Crippen LogP contribution is 2.29. The second-order valence-electron chi connectivity index (χ2n) is 3.71. The largest absolute Gasteiger partial charge is 0.479 e. The molecule has 1 N–H and O–H groups in total. The van der Waals surface area contributed by atoms with Crippen molar-refractivity contribution in [3.8, 4) is 0 Å². The molecule has 11 heteroatoms. The summed E-state index contributed by atoms with van der Waals surface area (Å²) in [7, 11) is -9.66. The fraction of sp³-hybridized carbons (Fsp3) is 0.857. The Balaban J connectivity index is 5.63. The lowest BCUT2D eigenvalue weighted by Crippen LogP contribution is -2.51. The van der Waals surface area contributed by atoms with Gasteiger partial charge in [-0.05, 0) is 6.92 Å². The van der Waals surface area contributed by atoms with Crippen molar-refractivity contribution in [3.63, 3.8) is 0 Å². The molecule has 0 amide bonds. The van der Waals surface area contributed by atoms with E-state index in [1.54, 1.807) is 0 Å². The molecule has 6 nitrogen and oxygen atoms in total. The van der Waals surface area contributed by atoms with E-state index in [-0.39, 0.29) is 0 Å². The topological polar surface area (TPSA) is 106 Å². The maximum Gasteiger partial charge on any atom is 0.390 e. The van der Waals surface area contributed by atoms with E-state index in [1.807, 2.05) is 0 Å². The van der Waals surface area contributed by atoms with Crippen LogP contribution in [0.4, 0.5) is 13.2 Å². The number of sulfone groups is 2. The smallest absolute Gasteiger partial charge is 0.390 e. The van der Waals surface area contributed by atoms with Crippen molar-refractivity contribution in [2.24, 2.45) is 0 Å². The van der Waals surface area contributed by atoms with Gasteiger partial charge in [0.1, 0.15) is 0 Å². The second kappa shape index (κ2) is 4.68. The van der Waals surface area contributed by atoms with Gasteiger partial charge in [-0.2, -0.15) is 13.2 Å². The highest BCUT2D eigenvalue weighted by Gasteiger charge is 2.56. The van der Waals surface area contributed by atoms with Gasteiger partial charge in [0.15, 0.2) is 19.7 Å². The van der Waals surface area contributed by atoms with Crippen LogP contribution in [0, 0.1) is 0 Å². The summed E-state index contributed by atoms with van der Waals surface area (Å²) in [5.41, 5.74) is 0. The van der Waals surface area contributed by atoms with Crippen LogP contribution in [0.15, 0.2) is 0 Å². The average Bonchev–Trinajstić information content (AvgIpc) is 2.10. The van der Waals surface area contributed by atoms with Crippen molar-refractivity contribution in [1.82, 2.24) is 0 Å². The number of rotatable bonds is 5. The fourth-order valence-corrected chi connectivity index (χ4v) is 4.54. The first-order chi connectivity index (χ1) is 7.65.